The molecule has 4 heteroatoms. The molecule has 0 aromatic heterocycles. The normalized spacial score (nSPS) is 22.1. The average molecular weight is 319 g/mol. The van der Waals surface area contributed by atoms with E-state index < -0.39 is 0 Å². The molecule has 1 saturated heterocycles. The van der Waals surface area contributed by atoms with Crippen LogP contribution in [0.25, 0.3) is 0 Å². The standard InChI is InChI=1S/C15H17Cl2N.ClH/c1-12-4-2-8-18(11-12)9-3-5-13-10-14(16)6-7-15(13)17;/h6-7,10,12H,2,4,8-9,11H2,1H3;1H. The summed E-state index contributed by atoms with van der Waals surface area (Å²) < 4.78 is 0. The lowest BCUT2D eigenvalue weighted by atomic mass is 10.0. The Hall–Kier alpha value is -0.390. The van der Waals surface area contributed by atoms with Crippen molar-refractivity contribution in [3.8, 4) is 11.8 Å². The van der Waals surface area contributed by atoms with Gasteiger partial charge in [0.1, 0.15) is 6.54 Å². The summed E-state index contributed by atoms with van der Waals surface area (Å²) >= 11 is 12.0. The second-order valence-corrected chi connectivity index (χ2v) is 5.90. The van der Waals surface area contributed by atoms with E-state index in [2.05, 4.69) is 18.8 Å². The minimum absolute atomic E-state index is 0. The van der Waals surface area contributed by atoms with Crippen molar-refractivity contribution in [2.45, 2.75) is 19.8 Å². The number of likely N-dealkylation sites (tertiary alicyclic amines) is 1. The molecule has 1 fully saturated rings. The fraction of sp³-hybridized carbons (Fsp3) is 0.467. The van der Waals surface area contributed by atoms with Gasteiger partial charge in [0, 0.05) is 16.5 Å². The van der Waals surface area contributed by atoms with Gasteiger partial charge in [-0.1, -0.05) is 36.0 Å². The molecular weight excluding hydrogens is 301 g/mol. The van der Waals surface area contributed by atoms with Gasteiger partial charge in [0.05, 0.1) is 18.1 Å². The Balaban J connectivity index is 0.00000180. The summed E-state index contributed by atoms with van der Waals surface area (Å²) in [6.45, 7) is 5.69. The number of hydrogen-bond donors (Lipinski definition) is 1. The summed E-state index contributed by atoms with van der Waals surface area (Å²) in [5.41, 5.74) is 0.827. The summed E-state index contributed by atoms with van der Waals surface area (Å²) in [6.07, 6.45) is 2.67. The molecule has 0 amide bonds. The number of rotatable bonds is 1. The molecule has 1 heterocycles. The minimum atomic E-state index is 0. The van der Waals surface area contributed by atoms with Gasteiger partial charge in [-0.2, -0.15) is 0 Å². The fourth-order valence-electron chi connectivity index (χ4n) is 2.42. The van der Waals surface area contributed by atoms with Crippen LogP contribution in [0.4, 0.5) is 0 Å². The molecular formula is C15H18Cl3N. The van der Waals surface area contributed by atoms with E-state index >= 15 is 0 Å². The zero-order chi connectivity index (χ0) is 13.0. The van der Waals surface area contributed by atoms with Crippen LogP contribution in [0, 0.1) is 17.8 Å². The molecule has 0 aliphatic carbocycles. The quantitative estimate of drug-likeness (QED) is 0.676. The van der Waals surface area contributed by atoms with E-state index in [4.69, 9.17) is 23.2 Å². The Morgan fingerprint density at radius 2 is 2.16 bits per heavy atom. The highest BCUT2D eigenvalue weighted by Gasteiger charge is 2.18. The van der Waals surface area contributed by atoms with Crippen LogP contribution in [0.3, 0.4) is 0 Å². The Morgan fingerprint density at radius 3 is 2.89 bits per heavy atom. The summed E-state index contributed by atoms with van der Waals surface area (Å²) in [5, 5.41) is 1.36. The van der Waals surface area contributed by atoms with Crippen LogP contribution in [0.1, 0.15) is 25.3 Å². The topological polar surface area (TPSA) is 4.44 Å². The summed E-state index contributed by atoms with van der Waals surface area (Å²) in [5.74, 6) is 7.18. The number of nitrogens with one attached hydrogen (secondary N) is 1. The Labute approximate surface area is 131 Å². The maximum Gasteiger partial charge on any atom is 0.139 e. The summed E-state index contributed by atoms with van der Waals surface area (Å²) in [7, 11) is 0. The monoisotopic (exact) mass is 317 g/mol. The van der Waals surface area contributed by atoms with Crippen molar-refractivity contribution in [2.75, 3.05) is 19.6 Å². The van der Waals surface area contributed by atoms with Crippen LogP contribution < -0.4 is 17.3 Å². The number of hydrogen-bond acceptors (Lipinski definition) is 0. The van der Waals surface area contributed by atoms with E-state index in [1.54, 1.807) is 17.0 Å². The third-order valence-electron chi connectivity index (χ3n) is 3.35. The SMILES string of the molecule is CC1CCC[NH+](CC#Cc2cc(Cl)ccc2Cl)C1.[Cl-]. The predicted octanol–water partition coefficient (Wildman–Crippen LogP) is -0.336. The maximum atomic E-state index is 6.07. The van der Waals surface area contributed by atoms with E-state index in [1.807, 2.05) is 6.07 Å². The van der Waals surface area contributed by atoms with E-state index in [-0.39, 0.29) is 12.4 Å². The lowest BCUT2D eigenvalue weighted by Crippen LogP contribution is -3.13. The van der Waals surface area contributed by atoms with Crippen LogP contribution in [0.5, 0.6) is 0 Å². The van der Waals surface area contributed by atoms with Gasteiger partial charge in [0.15, 0.2) is 0 Å². The Morgan fingerprint density at radius 1 is 1.37 bits per heavy atom. The van der Waals surface area contributed by atoms with Gasteiger partial charge in [-0.25, -0.2) is 0 Å². The minimum Gasteiger partial charge on any atom is -1.00 e. The van der Waals surface area contributed by atoms with Gasteiger partial charge in [-0.05, 0) is 37.0 Å². The molecule has 2 atom stereocenters. The highest BCUT2D eigenvalue weighted by molar-refractivity contribution is 6.33. The molecule has 1 N–H and O–H groups in total. The molecule has 1 aromatic rings. The van der Waals surface area contributed by atoms with E-state index in [0.29, 0.717) is 10.0 Å². The molecule has 2 unspecified atom stereocenters. The van der Waals surface area contributed by atoms with Crippen LogP contribution >= 0.6 is 23.2 Å². The van der Waals surface area contributed by atoms with Crippen molar-refractivity contribution in [2.24, 2.45) is 5.92 Å². The van der Waals surface area contributed by atoms with Gasteiger partial charge in [-0.3, -0.25) is 0 Å². The third-order valence-corrected chi connectivity index (χ3v) is 3.92. The van der Waals surface area contributed by atoms with Crippen molar-refractivity contribution >= 4 is 23.2 Å². The molecule has 0 bridgehead atoms. The van der Waals surface area contributed by atoms with E-state index in [0.717, 1.165) is 18.0 Å². The lowest BCUT2D eigenvalue weighted by molar-refractivity contribution is -0.901. The Kier molecular flexibility index (Phi) is 7.04. The number of quaternary nitrogens is 1. The van der Waals surface area contributed by atoms with Crippen LogP contribution in [0.2, 0.25) is 10.0 Å². The van der Waals surface area contributed by atoms with Gasteiger partial charge in [-0.15, -0.1) is 0 Å². The highest BCUT2D eigenvalue weighted by Crippen LogP contribution is 2.19. The highest BCUT2D eigenvalue weighted by atomic mass is 35.5. The van der Waals surface area contributed by atoms with Crippen LogP contribution in [0.15, 0.2) is 18.2 Å². The first-order chi connectivity index (χ1) is 8.65. The summed E-state index contributed by atoms with van der Waals surface area (Å²) in [4.78, 5) is 1.58. The molecule has 1 aliphatic heterocycles. The maximum absolute atomic E-state index is 6.07. The molecule has 19 heavy (non-hydrogen) atoms. The first-order valence-electron chi connectivity index (χ1n) is 6.42. The molecule has 104 valence electrons. The second-order valence-electron chi connectivity index (χ2n) is 5.05. The number of halogens is 3. The van der Waals surface area contributed by atoms with Gasteiger partial charge in [0.2, 0.25) is 0 Å². The molecule has 2 rings (SSSR count). The van der Waals surface area contributed by atoms with Crippen molar-refractivity contribution in [3.63, 3.8) is 0 Å². The van der Waals surface area contributed by atoms with Gasteiger partial charge >= 0.3 is 0 Å². The fourth-order valence-corrected chi connectivity index (χ4v) is 2.75. The van der Waals surface area contributed by atoms with Crippen molar-refractivity contribution in [1.29, 1.82) is 0 Å². The molecule has 1 nitrogen and oxygen atoms in total. The first kappa shape index (κ1) is 16.7. The van der Waals surface area contributed by atoms with E-state index in [1.165, 1.54) is 25.9 Å². The summed E-state index contributed by atoms with van der Waals surface area (Å²) in [6, 6.07) is 5.40. The molecule has 0 spiro atoms. The second kappa shape index (κ2) is 8.02. The predicted molar refractivity (Wildman–Crippen MR) is 77.3 cm³/mol. The number of benzene rings is 1. The van der Waals surface area contributed by atoms with Crippen molar-refractivity contribution in [3.05, 3.63) is 33.8 Å². The largest absolute Gasteiger partial charge is 1.00 e. The first-order valence-corrected chi connectivity index (χ1v) is 7.18. The molecule has 0 saturated carbocycles. The zero-order valence-electron chi connectivity index (χ0n) is 11.0. The third kappa shape index (κ3) is 5.24. The van der Waals surface area contributed by atoms with Gasteiger partial charge in [0.25, 0.3) is 0 Å². The Bertz CT molecular complexity index is 476. The van der Waals surface area contributed by atoms with Crippen molar-refractivity contribution < 1.29 is 17.3 Å². The molecule has 1 aromatic carbocycles. The lowest BCUT2D eigenvalue weighted by Gasteiger charge is -2.26. The average Bonchev–Trinajstić information content (AvgIpc) is 2.34. The van der Waals surface area contributed by atoms with Crippen LogP contribution in [-0.4, -0.2) is 19.6 Å². The smallest absolute Gasteiger partial charge is 0.139 e. The van der Waals surface area contributed by atoms with Crippen LogP contribution in [-0.2, 0) is 0 Å². The molecule has 0 radical (unpaired) electrons. The van der Waals surface area contributed by atoms with Gasteiger partial charge < -0.3 is 17.3 Å². The molecule has 1 aliphatic rings. The number of piperidine rings is 1. The van der Waals surface area contributed by atoms with Crippen molar-refractivity contribution in [1.82, 2.24) is 0 Å². The van der Waals surface area contributed by atoms with E-state index in [9.17, 15) is 0 Å². The zero-order valence-corrected chi connectivity index (χ0v) is 13.2.